The largest absolute Gasteiger partial charge is 0.445 e. The van der Waals surface area contributed by atoms with E-state index in [1.54, 1.807) is 19.1 Å². The third-order valence-corrected chi connectivity index (χ3v) is 6.27. The third kappa shape index (κ3) is 10.2. The number of alkyl carbamates (subject to hydrolysis) is 1. The maximum absolute atomic E-state index is 12.6. The lowest BCUT2D eigenvalue weighted by molar-refractivity contribution is -0.117. The predicted octanol–water partition coefficient (Wildman–Crippen LogP) is 5.43. The molecule has 0 fully saturated rings. The highest BCUT2D eigenvalue weighted by Gasteiger charge is 2.25. The summed E-state index contributed by atoms with van der Waals surface area (Å²) in [4.78, 5) is 27.2. The summed E-state index contributed by atoms with van der Waals surface area (Å²) in [6, 6.07) is 21.0. The maximum Gasteiger partial charge on any atom is 0.408 e. The minimum absolute atomic E-state index is 0.0164. The Morgan fingerprint density at radius 3 is 2.27 bits per heavy atom. The van der Waals surface area contributed by atoms with Crippen LogP contribution in [0.25, 0.3) is 11.6 Å². The minimum Gasteiger partial charge on any atom is -0.445 e. The number of carbonyl (C=O) groups excluding carboxylic acids is 2. The average molecular weight is 553 g/mol. The van der Waals surface area contributed by atoms with Crippen LogP contribution in [0.4, 0.5) is 10.5 Å². The molecule has 1 unspecified atom stereocenters. The second-order valence-electron chi connectivity index (χ2n) is 10.1. The Bertz CT molecular complexity index is 1370. The molecule has 0 spiro atoms. The molecule has 9 nitrogen and oxygen atoms in total. The number of hydrogen-bond donors (Lipinski definition) is 2. The lowest BCUT2D eigenvalue weighted by Crippen LogP contribution is -2.44. The summed E-state index contributed by atoms with van der Waals surface area (Å²) in [5, 5.41) is 32.8. The zero-order valence-electron chi connectivity index (χ0n) is 24.0. The number of nitrogens with one attached hydrogen (secondary N) is 2. The van der Waals surface area contributed by atoms with Gasteiger partial charge in [0.15, 0.2) is 0 Å². The van der Waals surface area contributed by atoms with E-state index >= 15 is 0 Å². The highest BCUT2D eigenvalue weighted by molar-refractivity contribution is 6.01. The molecule has 2 aromatic rings. The standard InChI is InChI=1S/C32H36N6O3/c1-23(2)26-9-6-10-28(20-26)32(4,5)37-31(40)41-24(3)22-36-30(39)27(21-35)19-25-11-13-29(14-12-25)38(17-7-15-33)18-8-16-34/h6,9-14,19-20,24H,1,7-8,17-18,22H2,2-5H3,(H,36,39)(H,37,40). The maximum atomic E-state index is 12.6. The van der Waals surface area contributed by atoms with E-state index in [2.05, 4.69) is 29.4 Å². The predicted molar refractivity (Wildman–Crippen MR) is 159 cm³/mol. The van der Waals surface area contributed by atoms with Crippen LogP contribution in [0.2, 0.25) is 0 Å². The fourth-order valence-corrected chi connectivity index (χ4v) is 3.92. The van der Waals surface area contributed by atoms with Gasteiger partial charge in [0, 0.05) is 18.8 Å². The molecule has 0 aliphatic carbocycles. The molecule has 0 heterocycles. The number of ether oxygens (including phenoxy) is 1. The first kappa shape index (κ1) is 32.1. The molecule has 0 aliphatic heterocycles. The van der Waals surface area contributed by atoms with E-state index < -0.39 is 23.6 Å². The zero-order chi connectivity index (χ0) is 30.4. The van der Waals surface area contributed by atoms with Gasteiger partial charge in [-0.1, -0.05) is 42.5 Å². The van der Waals surface area contributed by atoms with Crippen molar-refractivity contribution in [3.63, 3.8) is 0 Å². The lowest BCUT2D eigenvalue weighted by atomic mass is 9.92. The van der Waals surface area contributed by atoms with Gasteiger partial charge in [0.2, 0.25) is 0 Å². The van der Waals surface area contributed by atoms with Crippen LogP contribution in [0, 0.1) is 34.0 Å². The molecular weight excluding hydrogens is 516 g/mol. The number of benzene rings is 2. The van der Waals surface area contributed by atoms with Crippen molar-refractivity contribution >= 4 is 29.3 Å². The Morgan fingerprint density at radius 2 is 1.71 bits per heavy atom. The summed E-state index contributed by atoms with van der Waals surface area (Å²) in [5.41, 5.74) is 3.47. The third-order valence-electron chi connectivity index (χ3n) is 6.27. The smallest absolute Gasteiger partial charge is 0.408 e. The Kier molecular flexibility index (Phi) is 12.2. The van der Waals surface area contributed by atoms with Gasteiger partial charge in [-0.3, -0.25) is 4.79 Å². The van der Waals surface area contributed by atoms with Gasteiger partial charge < -0.3 is 20.3 Å². The quantitative estimate of drug-likeness (QED) is 0.249. The van der Waals surface area contributed by atoms with E-state index in [1.807, 2.05) is 68.1 Å². The van der Waals surface area contributed by atoms with Crippen LogP contribution in [0.3, 0.4) is 0 Å². The van der Waals surface area contributed by atoms with Crippen molar-refractivity contribution in [2.75, 3.05) is 24.5 Å². The monoisotopic (exact) mass is 552 g/mol. The number of anilines is 1. The molecule has 0 aromatic heterocycles. The normalized spacial score (nSPS) is 11.7. The van der Waals surface area contributed by atoms with E-state index in [-0.39, 0.29) is 12.1 Å². The van der Waals surface area contributed by atoms with Crippen molar-refractivity contribution < 1.29 is 14.3 Å². The molecule has 1 atom stereocenters. The van der Waals surface area contributed by atoms with Crippen molar-refractivity contribution in [3.05, 3.63) is 77.4 Å². The number of allylic oxidation sites excluding steroid dienone is 1. The second-order valence-corrected chi connectivity index (χ2v) is 10.1. The van der Waals surface area contributed by atoms with Crippen LogP contribution in [-0.4, -0.2) is 37.7 Å². The lowest BCUT2D eigenvalue weighted by Gasteiger charge is -2.28. The molecule has 2 N–H and O–H groups in total. The van der Waals surface area contributed by atoms with Crippen molar-refractivity contribution in [1.82, 2.24) is 10.6 Å². The zero-order valence-corrected chi connectivity index (χ0v) is 24.0. The van der Waals surface area contributed by atoms with Crippen LogP contribution < -0.4 is 15.5 Å². The molecule has 0 aliphatic rings. The van der Waals surface area contributed by atoms with Crippen LogP contribution in [0.1, 0.15) is 57.2 Å². The van der Waals surface area contributed by atoms with Gasteiger partial charge in [-0.05, 0) is 68.7 Å². The van der Waals surface area contributed by atoms with Gasteiger partial charge in [-0.2, -0.15) is 15.8 Å². The van der Waals surface area contributed by atoms with Crippen molar-refractivity contribution in [2.24, 2.45) is 0 Å². The average Bonchev–Trinajstić information content (AvgIpc) is 2.94. The highest BCUT2D eigenvalue weighted by atomic mass is 16.6. The Labute approximate surface area is 242 Å². The second kappa shape index (κ2) is 15.5. The fourth-order valence-electron chi connectivity index (χ4n) is 3.92. The van der Waals surface area contributed by atoms with E-state index in [0.717, 1.165) is 22.4 Å². The topological polar surface area (TPSA) is 142 Å². The molecule has 9 heteroatoms. The van der Waals surface area contributed by atoms with E-state index in [9.17, 15) is 14.9 Å². The number of rotatable bonds is 13. The number of nitrogens with zero attached hydrogens (tertiary/aromatic N) is 4. The molecule has 41 heavy (non-hydrogen) atoms. The van der Waals surface area contributed by atoms with E-state index in [4.69, 9.17) is 15.3 Å². The van der Waals surface area contributed by atoms with Crippen LogP contribution in [-0.2, 0) is 15.1 Å². The summed E-state index contributed by atoms with van der Waals surface area (Å²) in [5.74, 6) is -0.589. The fraction of sp³-hybridized carbons (Fsp3) is 0.344. The Morgan fingerprint density at radius 1 is 1.07 bits per heavy atom. The van der Waals surface area contributed by atoms with E-state index in [0.29, 0.717) is 31.5 Å². The van der Waals surface area contributed by atoms with Gasteiger partial charge in [-0.15, -0.1) is 0 Å². The summed E-state index contributed by atoms with van der Waals surface area (Å²) in [6.45, 7) is 12.3. The van der Waals surface area contributed by atoms with Gasteiger partial charge in [0.05, 0.1) is 37.1 Å². The summed E-state index contributed by atoms with van der Waals surface area (Å²) in [7, 11) is 0. The first-order valence-electron chi connectivity index (χ1n) is 13.2. The molecule has 212 valence electrons. The van der Waals surface area contributed by atoms with Crippen LogP contribution in [0.5, 0.6) is 0 Å². The Balaban J connectivity index is 1.96. The number of carbonyl (C=O) groups is 2. The first-order chi connectivity index (χ1) is 19.5. The van der Waals surface area contributed by atoms with Crippen LogP contribution in [0.15, 0.2) is 60.7 Å². The molecule has 2 aromatic carbocycles. The number of hydrogen-bond acceptors (Lipinski definition) is 7. The van der Waals surface area contributed by atoms with Gasteiger partial charge in [0.25, 0.3) is 5.91 Å². The first-order valence-corrected chi connectivity index (χ1v) is 13.2. The summed E-state index contributed by atoms with van der Waals surface area (Å²) in [6.07, 6.45) is 0.845. The molecule has 0 saturated carbocycles. The molecule has 2 rings (SSSR count). The summed E-state index contributed by atoms with van der Waals surface area (Å²) < 4.78 is 5.43. The minimum atomic E-state index is -0.708. The molecule has 0 saturated heterocycles. The Hall–Kier alpha value is -5.07. The van der Waals surface area contributed by atoms with Crippen molar-refractivity contribution in [2.45, 2.75) is 52.2 Å². The van der Waals surface area contributed by atoms with Crippen molar-refractivity contribution in [1.29, 1.82) is 15.8 Å². The van der Waals surface area contributed by atoms with Gasteiger partial charge >= 0.3 is 6.09 Å². The number of amides is 2. The molecule has 2 amide bonds. The molecule has 0 radical (unpaired) electrons. The highest BCUT2D eigenvalue weighted by Crippen LogP contribution is 2.24. The van der Waals surface area contributed by atoms with Gasteiger partial charge in [0.1, 0.15) is 17.7 Å². The van der Waals surface area contributed by atoms with E-state index in [1.165, 1.54) is 6.08 Å². The summed E-state index contributed by atoms with van der Waals surface area (Å²) >= 11 is 0. The molecule has 0 bridgehead atoms. The SMILES string of the molecule is C=C(C)c1cccc(C(C)(C)NC(=O)OC(C)CNC(=O)C(C#N)=Cc2ccc(N(CCC#N)CCC#N)cc2)c1. The number of nitriles is 3. The van der Waals surface area contributed by atoms with Gasteiger partial charge in [-0.25, -0.2) is 4.79 Å². The molecular formula is C32H36N6O3. The van der Waals surface area contributed by atoms with Crippen molar-refractivity contribution in [3.8, 4) is 18.2 Å². The van der Waals surface area contributed by atoms with Crippen LogP contribution >= 0.6 is 0 Å².